The summed E-state index contributed by atoms with van der Waals surface area (Å²) in [5.41, 5.74) is 8.49. The lowest BCUT2D eigenvalue weighted by Crippen LogP contribution is -2.50. The van der Waals surface area contributed by atoms with Gasteiger partial charge in [0.1, 0.15) is 17.4 Å². The van der Waals surface area contributed by atoms with Crippen molar-refractivity contribution in [1.29, 1.82) is 0 Å². The highest BCUT2D eigenvalue weighted by Gasteiger charge is 2.32. The number of nitrogens with two attached hydrogens (primary N) is 1. The van der Waals surface area contributed by atoms with Gasteiger partial charge in [-0.1, -0.05) is 31.0 Å². The summed E-state index contributed by atoms with van der Waals surface area (Å²) in [6.07, 6.45) is 6.50. The van der Waals surface area contributed by atoms with Crippen molar-refractivity contribution >= 4 is 45.9 Å². The van der Waals surface area contributed by atoms with Crippen molar-refractivity contribution in [3.8, 4) is 0 Å². The number of aromatic nitrogens is 4. The van der Waals surface area contributed by atoms with Crippen LogP contribution in [0, 0.1) is 6.92 Å². The van der Waals surface area contributed by atoms with Crippen molar-refractivity contribution in [3.05, 3.63) is 65.5 Å². The maximum atomic E-state index is 13.8. The number of anilines is 5. The highest BCUT2D eigenvalue weighted by Crippen LogP contribution is 2.32. The van der Waals surface area contributed by atoms with E-state index in [1.165, 1.54) is 44.1 Å². The number of hydrogen-bond donors (Lipinski definition) is 3. The molecule has 3 heterocycles. The summed E-state index contributed by atoms with van der Waals surface area (Å²) in [6, 6.07) is 10.7. The van der Waals surface area contributed by atoms with E-state index in [4.69, 9.17) is 10.7 Å². The third-order valence-electron chi connectivity index (χ3n) is 8.40. The van der Waals surface area contributed by atoms with Crippen molar-refractivity contribution in [1.82, 2.24) is 24.8 Å². The lowest BCUT2D eigenvalue weighted by Gasteiger charge is -2.38. The number of nitrogens with one attached hydrogen (secondary N) is 2. The largest absolute Gasteiger partial charge is 0.382 e. The number of amides is 1. The lowest BCUT2D eigenvalue weighted by molar-refractivity contribution is -0.0280. The summed E-state index contributed by atoms with van der Waals surface area (Å²) < 4.78 is 40.5. The maximum Gasteiger partial charge on any atom is 0.301 e. The molecule has 0 spiro atoms. The second-order valence-electron chi connectivity index (χ2n) is 11.3. The highest BCUT2D eigenvalue weighted by atomic mass is 19.3. The maximum absolute atomic E-state index is 13.8. The van der Waals surface area contributed by atoms with Gasteiger partial charge in [0.2, 0.25) is 5.95 Å². The number of rotatable bonds is 8. The minimum atomic E-state index is -3.64. The van der Waals surface area contributed by atoms with Gasteiger partial charge in [-0.2, -0.15) is 13.8 Å². The number of nitrogens with zero attached hydrogens (tertiary/aromatic N) is 6. The number of hydrogen-bond acceptors (Lipinski definition) is 9. The molecule has 230 valence electrons. The predicted molar refractivity (Wildman–Crippen MR) is 164 cm³/mol. The average Bonchev–Trinajstić information content (AvgIpc) is 3.58. The van der Waals surface area contributed by atoms with Gasteiger partial charge in [-0.05, 0) is 49.6 Å². The zero-order chi connectivity index (χ0) is 30.8. The molecule has 2 aliphatic rings. The zero-order valence-electron chi connectivity index (χ0n) is 24.4. The Hall–Kier alpha value is -4.52. The number of aryl methyl sites for hydroxylation is 1. The fourth-order valence-corrected chi connectivity index (χ4v) is 5.88. The van der Waals surface area contributed by atoms with Crippen molar-refractivity contribution in [3.63, 3.8) is 0 Å². The van der Waals surface area contributed by atoms with Crippen LogP contribution in [0.1, 0.15) is 47.2 Å². The second kappa shape index (κ2) is 12.2. The van der Waals surface area contributed by atoms with Crippen LogP contribution in [0.2, 0.25) is 0 Å². The van der Waals surface area contributed by atoms with Gasteiger partial charge in [0, 0.05) is 54.7 Å². The van der Waals surface area contributed by atoms with Crippen molar-refractivity contribution in [2.75, 3.05) is 54.1 Å². The van der Waals surface area contributed by atoms with Crippen LogP contribution in [0.15, 0.2) is 48.8 Å². The molecule has 2 aromatic carbocycles. The number of fused-ring (bicyclic) bond motifs is 1. The normalized spacial score (nSPS) is 16.4. The van der Waals surface area contributed by atoms with Crippen molar-refractivity contribution in [2.45, 2.75) is 44.6 Å². The van der Waals surface area contributed by atoms with Crippen LogP contribution >= 0.6 is 0 Å². The van der Waals surface area contributed by atoms with E-state index >= 15 is 0 Å². The topological polar surface area (TPSA) is 125 Å². The third-order valence-corrected chi connectivity index (χ3v) is 8.40. The van der Waals surface area contributed by atoms with Crippen LogP contribution in [0.4, 0.5) is 42.1 Å². The first-order valence-corrected chi connectivity index (χ1v) is 14.7. The Morgan fingerprint density at radius 1 is 1.02 bits per heavy atom. The lowest BCUT2D eigenvalue weighted by atomic mass is 10.1. The first kappa shape index (κ1) is 29.5. The summed E-state index contributed by atoms with van der Waals surface area (Å²) in [5.74, 6) is -2.99. The Morgan fingerprint density at radius 2 is 1.80 bits per heavy atom. The minimum Gasteiger partial charge on any atom is -0.382 e. The molecule has 4 N–H and O–H groups in total. The number of halogens is 3. The van der Waals surface area contributed by atoms with Crippen LogP contribution < -0.4 is 21.3 Å². The molecule has 2 aromatic heterocycles. The first-order valence-electron chi connectivity index (χ1n) is 14.7. The molecule has 2 fully saturated rings. The van der Waals surface area contributed by atoms with E-state index in [9.17, 15) is 18.0 Å². The molecule has 1 aliphatic heterocycles. The monoisotopic (exact) mass is 605 g/mol. The molecule has 0 unspecified atom stereocenters. The molecule has 1 saturated carbocycles. The quantitative estimate of drug-likeness (QED) is 0.241. The van der Waals surface area contributed by atoms with Crippen LogP contribution in [0.25, 0.3) is 11.0 Å². The van der Waals surface area contributed by atoms with Crippen LogP contribution in [-0.2, 0) is 5.92 Å². The molecule has 0 radical (unpaired) electrons. The van der Waals surface area contributed by atoms with E-state index in [1.54, 1.807) is 18.2 Å². The summed E-state index contributed by atoms with van der Waals surface area (Å²) >= 11 is 0. The molecular weight excluding hydrogens is 571 g/mol. The van der Waals surface area contributed by atoms with Crippen LogP contribution in [0.5, 0.6) is 0 Å². The average molecular weight is 606 g/mol. The first-order chi connectivity index (χ1) is 21.2. The third kappa shape index (κ3) is 6.09. The SMILES string of the molecule is Cc1ccc(C(=O)Nc2cccc(C(F)(F)CF)c2)cc1Nc1ncnc2c(N)nc(N3CCN(C4CCCC4)CC3)nc12. The molecule has 1 aliphatic carbocycles. The molecule has 0 atom stereocenters. The molecule has 1 amide bonds. The van der Waals surface area contributed by atoms with Crippen molar-refractivity contribution in [2.24, 2.45) is 0 Å². The molecule has 6 rings (SSSR count). The van der Waals surface area contributed by atoms with Gasteiger partial charge in [0.25, 0.3) is 5.91 Å². The minimum absolute atomic E-state index is 0.126. The highest BCUT2D eigenvalue weighted by molar-refractivity contribution is 6.05. The van der Waals surface area contributed by atoms with Gasteiger partial charge in [-0.3, -0.25) is 9.69 Å². The second-order valence-corrected chi connectivity index (χ2v) is 11.3. The van der Waals surface area contributed by atoms with E-state index < -0.39 is 24.1 Å². The van der Waals surface area contributed by atoms with E-state index in [2.05, 4.69) is 35.4 Å². The van der Waals surface area contributed by atoms with Gasteiger partial charge in [-0.25, -0.2) is 19.3 Å². The fourth-order valence-electron chi connectivity index (χ4n) is 5.88. The number of benzene rings is 2. The van der Waals surface area contributed by atoms with Crippen LogP contribution in [-0.4, -0.2) is 69.6 Å². The van der Waals surface area contributed by atoms with Gasteiger partial charge < -0.3 is 21.3 Å². The van der Waals surface area contributed by atoms with Gasteiger partial charge in [-0.15, -0.1) is 0 Å². The Morgan fingerprint density at radius 3 is 2.55 bits per heavy atom. The Labute approximate surface area is 252 Å². The molecule has 1 saturated heterocycles. The van der Waals surface area contributed by atoms with E-state index in [-0.39, 0.29) is 17.1 Å². The van der Waals surface area contributed by atoms with Gasteiger partial charge in [0.15, 0.2) is 18.3 Å². The molecule has 0 bridgehead atoms. The summed E-state index contributed by atoms with van der Waals surface area (Å²) in [6.45, 7) is 3.52. The smallest absolute Gasteiger partial charge is 0.301 e. The summed E-state index contributed by atoms with van der Waals surface area (Å²) in [5, 5.41) is 5.88. The van der Waals surface area contributed by atoms with Crippen LogP contribution in [0.3, 0.4) is 0 Å². The number of nitrogen functional groups attached to an aromatic ring is 1. The number of carbonyl (C=O) groups excluding carboxylic acids is 1. The van der Waals surface area contributed by atoms with E-state index in [1.807, 2.05) is 6.92 Å². The van der Waals surface area contributed by atoms with E-state index in [0.29, 0.717) is 34.5 Å². The van der Waals surface area contributed by atoms with E-state index in [0.717, 1.165) is 43.9 Å². The Balaban J connectivity index is 1.22. The Bertz CT molecular complexity index is 1670. The standard InChI is InChI=1S/C31H34F3N9O/c1-19-9-10-20(29(44)38-22-6-4-5-21(16-22)31(33,34)17-32)15-24(19)39-28-26-25(36-18-37-28)27(35)41-30(40-26)43-13-11-42(12-14-43)23-7-2-3-8-23/h4-6,9-10,15-16,18,23H,2-3,7-8,11-14,17H2,1H3,(H,38,44)(H2,35,40,41)(H,36,37,39). The molecule has 13 heteroatoms. The fraction of sp³-hybridized carbons (Fsp3) is 0.387. The number of alkyl halides is 3. The molecule has 4 aromatic rings. The predicted octanol–water partition coefficient (Wildman–Crippen LogP) is 5.43. The van der Waals surface area contributed by atoms with Gasteiger partial charge >= 0.3 is 5.92 Å². The van der Waals surface area contributed by atoms with Crippen molar-refractivity contribution < 1.29 is 18.0 Å². The molecular formula is C31H34F3N9O. The number of carbonyl (C=O) groups is 1. The number of piperazine rings is 1. The van der Waals surface area contributed by atoms with Gasteiger partial charge in [0.05, 0.1) is 0 Å². The zero-order valence-corrected chi connectivity index (χ0v) is 24.4. The molecule has 44 heavy (non-hydrogen) atoms. The Kier molecular flexibility index (Phi) is 8.21. The summed E-state index contributed by atoms with van der Waals surface area (Å²) in [4.78, 5) is 35.9. The molecule has 10 nitrogen and oxygen atoms in total. The summed E-state index contributed by atoms with van der Waals surface area (Å²) in [7, 11) is 0.